The fourth-order valence-corrected chi connectivity index (χ4v) is 3.29. The molecule has 2 aromatic heterocycles. The molecule has 0 radical (unpaired) electrons. The molecule has 0 unspecified atom stereocenters. The summed E-state index contributed by atoms with van der Waals surface area (Å²) in [7, 11) is 0. The zero-order valence-corrected chi connectivity index (χ0v) is 16.1. The van der Waals surface area contributed by atoms with Crippen LogP contribution in [0.25, 0.3) is 5.52 Å². The Labute approximate surface area is 171 Å². The van der Waals surface area contributed by atoms with Crippen LogP contribution in [-0.4, -0.2) is 15.5 Å². The Bertz CT molecular complexity index is 1190. The minimum Gasteiger partial charge on any atom is -0.322 e. The lowest BCUT2D eigenvalue weighted by atomic mass is 10.0. The number of halogens is 3. The number of carbonyl (C=O) groups is 1. The lowest BCUT2D eigenvalue weighted by Gasteiger charge is -2.10. The largest absolute Gasteiger partial charge is 0.416 e. The first-order valence-corrected chi connectivity index (χ1v) is 9.30. The molecule has 152 valence electrons. The normalized spacial score (nSPS) is 11.6. The Kier molecular flexibility index (Phi) is 5.03. The van der Waals surface area contributed by atoms with Crippen LogP contribution in [0.15, 0.2) is 73.1 Å². The molecule has 0 saturated carbocycles. The van der Waals surface area contributed by atoms with Gasteiger partial charge in [-0.1, -0.05) is 35.9 Å². The van der Waals surface area contributed by atoms with Crippen LogP contribution in [0.1, 0.15) is 32.6 Å². The predicted molar refractivity (Wildman–Crippen MR) is 109 cm³/mol. The van der Waals surface area contributed by atoms with Crippen molar-refractivity contribution >= 4 is 17.1 Å². The molecule has 4 nitrogen and oxygen atoms in total. The van der Waals surface area contributed by atoms with Crippen LogP contribution in [0.3, 0.4) is 0 Å². The van der Waals surface area contributed by atoms with Crippen molar-refractivity contribution in [2.45, 2.75) is 19.5 Å². The third-order valence-electron chi connectivity index (χ3n) is 4.85. The smallest absolute Gasteiger partial charge is 0.322 e. The van der Waals surface area contributed by atoms with Crippen LogP contribution in [0, 0.1) is 6.92 Å². The van der Waals surface area contributed by atoms with E-state index >= 15 is 0 Å². The summed E-state index contributed by atoms with van der Waals surface area (Å²) >= 11 is 0. The number of aromatic nitrogens is 2. The number of carbonyl (C=O) groups excluding carboxylic acids is 1. The van der Waals surface area contributed by atoms with Crippen molar-refractivity contribution in [2.75, 3.05) is 5.32 Å². The lowest BCUT2D eigenvalue weighted by Crippen LogP contribution is -2.12. The van der Waals surface area contributed by atoms with Crippen molar-refractivity contribution < 1.29 is 18.0 Å². The van der Waals surface area contributed by atoms with Gasteiger partial charge >= 0.3 is 6.18 Å². The van der Waals surface area contributed by atoms with Crippen LogP contribution < -0.4 is 5.32 Å². The molecular formula is C23H18F3N3O. The Morgan fingerprint density at radius 1 is 1.03 bits per heavy atom. The number of alkyl halides is 3. The maximum atomic E-state index is 12.8. The second-order valence-corrected chi connectivity index (χ2v) is 7.08. The summed E-state index contributed by atoms with van der Waals surface area (Å²) in [4.78, 5) is 12.8. The zero-order chi connectivity index (χ0) is 21.3. The number of aryl methyl sites for hydroxylation is 1. The Balaban J connectivity index is 1.64. The molecule has 4 rings (SSSR count). The van der Waals surface area contributed by atoms with Gasteiger partial charge in [-0.25, -0.2) is 4.52 Å². The highest BCUT2D eigenvalue weighted by Crippen LogP contribution is 2.29. The van der Waals surface area contributed by atoms with E-state index in [0.29, 0.717) is 28.8 Å². The average molecular weight is 409 g/mol. The van der Waals surface area contributed by atoms with Crippen molar-refractivity contribution in [3.05, 3.63) is 101 Å². The number of anilines is 1. The van der Waals surface area contributed by atoms with Gasteiger partial charge in [0, 0.05) is 11.9 Å². The van der Waals surface area contributed by atoms with Gasteiger partial charge in [-0.2, -0.15) is 18.3 Å². The molecule has 4 aromatic rings. The second kappa shape index (κ2) is 7.67. The first kappa shape index (κ1) is 19.7. The van der Waals surface area contributed by atoms with Crippen LogP contribution in [0.4, 0.5) is 18.9 Å². The van der Waals surface area contributed by atoms with Gasteiger partial charge in [0.15, 0.2) is 0 Å². The molecule has 2 heterocycles. The number of benzene rings is 2. The predicted octanol–water partition coefficient (Wildman–Crippen LogP) is 5.50. The van der Waals surface area contributed by atoms with Gasteiger partial charge in [-0.15, -0.1) is 0 Å². The van der Waals surface area contributed by atoms with Crippen molar-refractivity contribution in [2.24, 2.45) is 0 Å². The van der Waals surface area contributed by atoms with Gasteiger partial charge < -0.3 is 5.32 Å². The number of hydrogen-bond donors (Lipinski definition) is 1. The highest BCUT2D eigenvalue weighted by Gasteiger charge is 2.30. The highest BCUT2D eigenvalue weighted by molar-refractivity contribution is 6.09. The highest BCUT2D eigenvalue weighted by atomic mass is 19.4. The maximum absolute atomic E-state index is 12.8. The fraction of sp³-hybridized carbons (Fsp3) is 0.130. The van der Waals surface area contributed by atoms with E-state index in [1.165, 1.54) is 18.3 Å². The monoisotopic (exact) mass is 409 g/mol. The van der Waals surface area contributed by atoms with Gasteiger partial charge in [0.1, 0.15) is 0 Å². The van der Waals surface area contributed by atoms with E-state index in [-0.39, 0.29) is 5.91 Å². The van der Waals surface area contributed by atoms with Crippen molar-refractivity contribution in [1.82, 2.24) is 9.61 Å². The van der Waals surface area contributed by atoms with Gasteiger partial charge in [0.25, 0.3) is 5.91 Å². The molecule has 0 aliphatic heterocycles. The molecule has 7 heteroatoms. The molecule has 0 bridgehead atoms. The van der Waals surface area contributed by atoms with E-state index in [4.69, 9.17) is 0 Å². The minimum absolute atomic E-state index is 0.297. The Hall–Kier alpha value is -3.61. The maximum Gasteiger partial charge on any atom is 0.416 e. The first-order chi connectivity index (χ1) is 14.3. The van der Waals surface area contributed by atoms with E-state index in [9.17, 15) is 18.0 Å². The standard InChI is InChI=1S/C23H18F3N3O/c1-15-4-10-19(11-5-15)28-22(30)20-14-27-29-12-2-3-17(21(20)29)13-16-6-8-18(9-7-16)23(24,25)26/h2-12,14H,13H2,1H3,(H,28,30). The van der Waals surface area contributed by atoms with E-state index < -0.39 is 11.7 Å². The topological polar surface area (TPSA) is 46.4 Å². The average Bonchev–Trinajstić information content (AvgIpc) is 3.15. The molecule has 30 heavy (non-hydrogen) atoms. The number of rotatable bonds is 4. The summed E-state index contributed by atoms with van der Waals surface area (Å²) in [5.41, 5.74) is 3.60. The fourth-order valence-electron chi connectivity index (χ4n) is 3.29. The van der Waals surface area contributed by atoms with Crippen LogP contribution in [-0.2, 0) is 12.6 Å². The molecule has 1 amide bonds. The molecule has 0 atom stereocenters. The van der Waals surface area contributed by atoms with E-state index in [1.54, 1.807) is 16.8 Å². The summed E-state index contributed by atoms with van der Waals surface area (Å²) in [6.07, 6.45) is -0.770. The van der Waals surface area contributed by atoms with E-state index in [2.05, 4.69) is 10.4 Å². The number of nitrogens with zero attached hydrogens (tertiary/aromatic N) is 2. The number of pyridine rings is 1. The molecule has 0 saturated heterocycles. The molecule has 2 aromatic carbocycles. The quantitative estimate of drug-likeness (QED) is 0.484. The van der Waals surface area contributed by atoms with Crippen molar-refractivity contribution in [1.29, 1.82) is 0 Å². The molecular weight excluding hydrogens is 391 g/mol. The van der Waals surface area contributed by atoms with Gasteiger partial charge in [0.2, 0.25) is 0 Å². The second-order valence-electron chi connectivity index (χ2n) is 7.08. The number of amides is 1. The number of hydrogen-bond acceptors (Lipinski definition) is 2. The Morgan fingerprint density at radius 2 is 1.73 bits per heavy atom. The summed E-state index contributed by atoms with van der Waals surface area (Å²) < 4.78 is 40.0. The lowest BCUT2D eigenvalue weighted by molar-refractivity contribution is -0.137. The zero-order valence-electron chi connectivity index (χ0n) is 16.1. The van der Waals surface area contributed by atoms with Gasteiger partial charge in [0.05, 0.1) is 22.8 Å². The number of fused-ring (bicyclic) bond motifs is 1. The van der Waals surface area contributed by atoms with Gasteiger partial charge in [-0.05, 0) is 54.8 Å². The molecule has 1 N–H and O–H groups in total. The Morgan fingerprint density at radius 3 is 2.40 bits per heavy atom. The van der Waals surface area contributed by atoms with Crippen LogP contribution >= 0.6 is 0 Å². The van der Waals surface area contributed by atoms with Crippen molar-refractivity contribution in [3.8, 4) is 0 Å². The molecule has 0 fully saturated rings. The number of nitrogens with one attached hydrogen (secondary N) is 1. The molecule has 0 aliphatic rings. The van der Waals surface area contributed by atoms with Crippen LogP contribution in [0.2, 0.25) is 0 Å². The first-order valence-electron chi connectivity index (χ1n) is 9.30. The van der Waals surface area contributed by atoms with Crippen molar-refractivity contribution in [3.63, 3.8) is 0 Å². The van der Waals surface area contributed by atoms with E-state index in [1.807, 2.05) is 37.3 Å². The van der Waals surface area contributed by atoms with Crippen LogP contribution in [0.5, 0.6) is 0 Å². The summed E-state index contributed by atoms with van der Waals surface area (Å²) in [5, 5.41) is 7.11. The minimum atomic E-state index is -4.37. The summed E-state index contributed by atoms with van der Waals surface area (Å²) in [6, 6.07) is 16.1. The third kappa shape index (κ3) is 4.05. The summed E-state index contributed by atoms with van der Waals surface area (Å²) in [6.45, 7) is 1.96. The molecule has 0 aliphatic carbocycles. The summed E-state index contributed by atoms with van der Waals surface area (Å²) in [5.74, 6) is -0.297. The molecule has 0 spiro atoms. The van der Waals surface area contributed by atoms with E-state index in [0.717, 1.165) is 23.3 Å². The van der Waals surface area contributed by atoms with Gasteiger partial charge in [-0.3, -0.25) is 4.79 Å². The SMILES string of the molecule is Cc1ccc(NC(=O)c2cnn3cccc(Cc4ccc(C(F)(F)F)cc4)c23)cc1. The third-order valence-corrected chi connectivity index (χ3v) is 4.85.